The number of sulfone groups is 1. The SMILES string of the molecule is C=C(O)c1ccc(-c2ccccc2)cc1CS(=O)(=O)c1cc(Cl)sc1Cl. The number of hydrogen-bond acceptors (Lipinski definition) is 4. The van der Waals surface area contributed by atoms with Crippen LogP contribution in [-0.4, -0.2) is 13.5 Å². The number of benzene rings is 2. The van der Waals surface area contributed by atoms with Crippen LogP contribution in [0.4, 0.5) is 0 Å². The van der Waals surface area contributed by atoms with Crippen LogP contribution in [0.25, 0.3) is 16.9 Å². The van der Waals surface area contributed by atoms with Crippen LogP contribution in [0.15, 0.2) is 66.1 Å². The molecule has 0 bridgehead atoms. The molecule has 0 atom stereocenters. The first-order chi connectivity index (χ1) is 12.3. The summed E-state index contributed by atoms with van der Waals surface area (Å²) < 4.78 is 26.0. The largest absolute Gasteiger partial charge is 0.508 e. The molecular weight excluding hydrogens is 411 g/mol. The molecule has 0 spiro atoms. The van der Waals surface area contributed by atoms with Crippen molar-refractivity contribution >= 4 is 50.1 Å². The van der Waals surface area contributed by atoms with Crippen LogP contribution >= 0.6 is 34.5 Å². The van der Waals surface area contributed by atoms with Crippen molar-refractivity contribution in [2.75, 3.05) is 0 Å². The molecule has 1 aromatic heterocycles. The van der Waals surface area contributed by atoms with Crippen LogP contribution in [0.1, 0.15) is 11.1 Å². The van der Waals surface area contributed by atoms with E-state index in [1.54, 1.807) is 12.1 Å². The van der Waals surface area contributed by atoms with Crippen molar-refractivity contribution in [1.82, 2.24) is 0 Å². The zero-order chi connectivity index (χ0) is 18.9. The van der Waals surface area contributed by atoms with Gasteiger partial charge in [-0.05, 0) is 28.8 Å². The smallest absolute Gasteiger partial charge is 0.184 e. The highest BCUT2D eigenvalue weighted by atomic mass is 35.5. The summed E-state index contributed by atoms with van der Waals surface area (Å²) >= 11 is 12.9. The molecule has 0 aliphatic heterocycles. The molecule has 2 aromatic carbocycles. The third-order valence-electron chi connectivity index (χ3n) is 3.83. The van der Waals surface area contributed by atoms with E-state index < -0.39 is 9.84 Å². The van der Waals surface area contributed by atoms with Gasteiger partial charge in [0, 0.05) is 5.56 Å². The predicted molar refractivity (Wildman–Crippen MR) is 109 cm³/mol. The van der Waals surface area contributed by atoms with E-state index in [4.69, 9.17) is 23.2 Å². The molecule has 0 saturated heterocycles. The Hall–Kier alpha value is -1.79. The number of thiophene rings is 1. The molecule has 26 heavy (non-hydrogen) atoms. The molecule has 134 valence electrons. The van der Waals surface area contributed by atoms with E-state index in [0.29, 0.717) is 15.5 Å². The van der Waals surface area contributed by atoms with Crippen molar-refractivity contribution in [3.05, 3.63) is 81.0 Å². The molecule has 0 fully saturated rings. The highest BCUT2D eigenvalue weighted by Crippen LogP contribution is 2.36. The van der Waals surface area contributed by atoms with Crippen LogP contribution < -0.4 is 0 Å². The Morgan fingerprint density at radius 3 is 2.31 bits per heavy atom. The molecule has 0 aliphatic rings. The molecule has 1 heterocycles. The summed E-state index contributed by atoms with van der Waals surface area (Å²) in [5.41, 5.74) is 2.61. The monoisotopic (exact) mass is 424 g/mol. The lowest BCUT2D eigenvalue weighted by atomic mass is 9.99. The average Bonchev–Trinajstić information content (AvgIpc) is 2.94. The lowest BCUT2D eigenvalue weighted by Gasteiger charge is -2.12. The number of hydrogen-bond donors (Lipinski definition) is 1. The van der Waals surface area contributed by atoms with Crippen molar-refractivity contribution in [2.24, 2.45) is 0 Å². The van der Waals surface area contributed by atoms with Crippen LogP contribution in [0.2, 0.25) is 8.67 Å². The Labute approximate surface area is 166 Å². The minimum atomic E-state index is -3.74. The third-order valence-corrected chi connectivity index (χ3v) is 7.24. The summed E-state index contributed by atoms with van der Waals surface area (Å²) in [6.07, 6.45) is 0. The van der Waals surface area contributed by atoms with Crippen LogP contribution in [0, 0.1) is 0 Å². The molecule has 0 aliphatic carbocycles. The van der Waals surface area contributed by atoms with E-state index in [0.717, 1.165) is 22.5 Å². The fourth-order valence-corrected chi connectivity index (χ4v) is 6.24. The summed E-state index contributed by atoms with van der Waals surface area (Å²) in [4.78, 5) is -0.00576. The molecule has 3 rings (SSSR count). The summed E-state index contributed by atoms with van der Waals surface area (Å²) in [6.45, 7) is 3.53. The lowest BCUT2D eigenvalue weighted by Crippen LogP contribution is -2.07. The Morgan fingerprint density at radius 2 is 1.73 bits per heavy atom. The van der Waals surface area contributed by atoms with Crippen molar-refractivity contribution < 1.29 is 13.5 Å². The van der Waals surface area contributed by atoms with Gasteiger partial charge in [-0.25, -0.2) is 8.42 Å². The second-order valence-corrected chi connectivity index (χ2v) is 9.88. The second kappa shape index (κ2) is 7.45. The molecular formula is C19H14Cl2O3S2. The average molecular weight is 425 g/mol. The van der Waals surface area contributed by atoms with E-state index in [9.17, 15) is 13.5 Å². The zero-order valence-electron chi connectivity index (χ0n) is 13.4. The van der Waals surface area contributed by atoms with Gasteiger partial charge in [0.15, 0.2) is 9.84 Å². The van der Waals surface area contributed by atoms with Gasteiger partial charge in [0.05, 0.1) is 15.0 Å². The van der Waals surface area contributed by atoms with E-state index in [1.807, 2.05) is 36.4 Å². The van der Waals surface area contributed by atoms with E-state index in [2.05, 4.69) is 6.58 Å². The fraction of sp³-hybridized carbons (Fsp3) is 0.0526. The van der Waals surface area contributed by atoms with Gasteiger partial charge in [-0.1, -0.05) is 72.2 Å². The molecule has 0 unspecified atom stereocenters. The van der Waals surface area contributed by atoms with Gasteiger partial charge in [-0.3, -0.25) is 0 Å². The number of aliphatic hydroxyl groups excluding tert-OH is 1. The lowest BCUT2D eigenvalue weighted by molar-refractivity contribution is 0.513. The van der Waals surface area contributed by atoms with Crippen LogP contribution in [-0.2, 0) is 15.6 Å². The third kappa shape index (κ3) is 3.96. The highest BCUT2D eigenvalue weighted by Gasteiger charge is 2.23. The Morgan fingerprint density at radius 1 is 1.04 bits per heavy atom. The van der Waals surface area contributed by atoms with E-state index in [-0.39, 0.29) is 20.7 Å². The van der Waals surface area contributed by atoms with E-state index in [1.165, 1.54) is 6.07 Å². The predicted octanol–water partition coefficient (Wildman–Crippen LogP) is 6.22. The Kier molecular flexibility index (Phi) is 5.44. The van der Waals surface area contributed by atoms with Gasteiger partial charge in [-0.2, -0.15) is 0 Å². The van der Waals surface area contributed by atoms with Gasteiger partial charge >= 0.3 is 0 Å². The summed E-state index contributed by atoms with van der Waals surface area (Å²) in [5.74, 6) is -0.515. The van der Waals surface area contributed by atoms with Gasteiger partial charge in [-0.15, -0.1) is 11.3 Å². The van der Waals surface area contributed by atoms with Crippen molar-refractivity contribution in [3.8, 4) is 11.1 Å². The Balaban J connectivity index is 2.08. The minimum absolute atomic E-state index is 0.00576. The van der Waals surface area contributed by atoms with Gasteiger partial charge in [0.25, 0.3) is 0 Å². The highest BCUT2D eigenvalue weighted by molar-refractivity contribution is 7.91. The van der Waals surface area contributed by atoms with E-state index >= 15 is 0 Å². The number of rotatable bonds is 5. The van der Waals surface area contributed by atoms with Crippen LogP contribution in [0.5, 0.6) is 0 Å². The van der Waals surface area contributed by atoms with Gasteiger partial charge in [0.2, 0.25) is 0 Å². The topological polar surface area (TPSA) is 54.4 Å². The molecule has 1 N–H and O–H groups in total. The first kappa shape index (κ1) is 19.0. The number of aliphatic hydroxyl groups is 1. The normalized spacial score (nSPS) is 11.5. The molecule has 0 amide bonds. The number of halogens is 2. The maximum absolute atomic E-state index is 12.8. The van der Waals surface area contributed by atoms with Gasteiger partial charge < -0.3 is 5.11 Å². The summed E-state index contributed by atoms with van der Waals surface area (Å²) in [6, 6.07) is 16.1. The minimum Gasteiger partial charge on any atom is -0.508 e. The molecule has 0 radical (unpaired) electrons. The van der Waals surface area contributed by atoms with Crippen molar-refractivity contribution in [1.29, 1.82) is 0 Å². The first-order valence-electron chi connectivity index (χ1n) is 7.52. The molecule has 3 nitrogen and oxygen atoms in total. The maximum atomic E-state index is 12.8. The summed E-state index contributed by atoms with van der Waals surface area (Å²) in [7, 11) is -3.74. The molecule has 3 aromatic rings. The first-order valence-corrected chi connectivity index (χ1v) is 10.7. The van der Waals surface area contributed by atoms with Crippen LogP contribution in [0.3, 0.4) is 0 Å². The molecule has 0 saturated carbocycles. The quantitative estimate of drug-likeness (QED) is 0.494. The molecule has 7 heteroatoms. The van der Waals surface area contributed by atoms with Crippen molar-refractivity contribution in [2.45, 2.75) is 10.6 Å². The van der Waals surface area contributed by atoms with Crippen molar-refractivity contribution in [3.63, 3.8) is 0 Å². The van der Waals surface area contributed by atoms with Gasteiger partial charge in [0.1, 0.15) is 10.1 Å². The zero-order valence-corrected chi connectivity index (χ0v) is 16.6. The fourth-order valence-electron chi connectivity index (χ4n) is 2.62. The Bertz CT molecular complexity index is 1070. The standard InChI is InChI=1S/C19H14Cl2O3S2/c1-12(22)16-8-7-14(13-5-3-2-4-6-13)9-15(16)11-26(23,24)17-10-18(20)25-19(17)21/h2-10,22H,1,11H2. The summed E-state index contributed by atoms with van der Waals surface area (Å²) in [5, 5.41) is 9.86. The maximum Gasteiger partial charge on any atom is 0.184 e. The second-order valence-electron chi connectivity index (χ2n) is 5.63.